The molecule has 0 unspecified atom stereocenters. The van der Waals surface area contributed by atoms with Crippen LogP contribution in [0.4, 0.5) is 10.7 Å². The Kier molecular flexibility index (Phi) is 5.40. The smallest absolute Gasteiger partial charge is 0.414 e. The van der Waals surface area contributed by atoms with Gasteiger partial charge in [0.25, 0.3) is 0 Å². The minimum atomic E-state index is -0.695. The zero-order valence-electron chi connectivity index (χ0n) is 14.7. The Morgan fingerprint density at radius 3 is 2.56 bits per heavy atom. The second-order valence-corrected chi connectivity index (χ2v) is 6.19. The molecule has 0 bridgehead atoms. The molecule has 2 heterocycles. The van der Waals surface area contributed by atoms with E-state index in [4.69, 9.17) is 13.8 Å². The number of anilines is 1. The molecule has 0 spiro atoms. The maximum atomic E-state index is 11.9. The highest BCUT2D eigenvalue weighted by atomic mass is 16.6. The van der Waals surface area contributed by atoms with Gasteiger partial charge in [-0.05, 0) is 27.7 Å². The van der Waals surface area contributed by atoms with Gasteiger partial charge in [0.2, 0.25) is 17.6 Å². The molecule has 2 aromatic rings. The van der Waals surface area contributed by atoms with E-state index >= 15 is 0 Å². The molecule has 10 nitrogen and oxygen atoms in total. The highest BCUT2D eigenvalue weighted by Gasteiger charge is 2.24. The third-order valence-corrected chi connectivity index (χ3v) is 2.94. The first-order chi connectivity index (χ1) is 11.7. The number of nitrogens with one attached hydrogen (secondary N) is 1. The van der Waals surface area contributed by atoms with Gasteiger partial charge < -0.3 is 18.5 Å². The molecule has 10 heteroatoms. The van der Waals surface area contributed by atoms with Gasteiger partial charge >= 0.3 is 12.1 Å². The summed E-state index contributed by atoms with van der Waals surface area (Å²) in [4.78, 5) is 27.3. The number of amides is 1. The van der Waals surface area contributed by atoms with Crippen molar-refractivity contribution in [2.75, 3.05) is 12.4 Å². The lowest BCUT2D eigenvalue weighted by Gasteiger charge is -2.19. The lowest BCUT2D eigenvalue weighted by molar-refractivity contribution is -0.140. The minimum absolute atomic E-state index is 0.0482. The van der Waals surface area contributed by atoms with Crippen molar-refractivity contribution in [2.24, 2.45) is 0 Å². The highest BCUT2D eigenvalue weighted by Crippen LogP contribution is 2.29. The maximum Gasteiger partial charge on any atom is 0.414 e. The number of aromatic nitrogens is 3. The van der Waals surface area contributed by atoms with Gasteiger partial charge in [0, 0.05) is 6.42 Å². The summed E-state index contributed by atoms with van der Waals surface area (Å²) in [7, 11) is 1.30. The fourth-order valence-corrected chi connectivity index (χ4v) is 1.88. The van der Waals surface area contributed by atoms with E-state index in [1.807, 2.05) is 0 Å². The number of hydrogen-bond donors (Lipinski definition) is 1. The van der Waals surface area contributed by atoms with Crippen LogP contribution in [0.15, 0.2) is 9.05 Å². The van der Waals surface area contributed by atoms with Gasteiger partial charge in [-0.3, -0.25) is 10.1 Å². The predicted molar refractivity (Wildman–Crippen MR) is 84.7 cm³/mol. The summed E-state index contributed by atoms with van der Waals surface area (Å²) in [5, 5.41) is 10.1. The molecule has 0 aliphatic heterocycles. The molecule has 0 saturated carbocycles. The zero-order valence-corrected chi connectivity index (χ0v) is 14.7. The molecule has 0 radical (unpaired) electrons. The number of nitrogens with zero attached hydrogens (tertiary/aromatic N) is 3. The van der Waals surface area contributed by atoms with Crippen LogP contribution in [0.3, 0.4) is 0 Å². The summed E-state index contributed by atoms with van der Waals surface area (Å²) in [6, 6.07) is 0. The number of ether oxygens (including phenoxy) is 2. The lowest BCUT2D eigenvalue weighted by atomic mass is 10.2. The van der Waals surface area contributed by atoms with E-state index in [-0.39, 0.29) is 36.4 Å². The number of carbonyl (C=O) groups is 2. The molecule has 0 aliphatic carbocycles. The first kappa shape index (κ1) is 18.4. The minimum Gasteiger partial charge on any atom is -0.469 e. The summed E-state index contributed by atoms with van der Waals surface area (Å²) in [6.45, 7) is 6.90. The molecule has 25 heavy (non-hydrogen) atoms. The van der Waals surface area contributed by atoms with Crippen LogP contribution in [-0.2, 0) is 20.7 Å². The number of hydrogen-bond acceptors (Lipinski definition) is 9. The maximum absolute atomic E-state index is 11.9. The SMILES string of the molecule is COC(=O)CCc1nc(-c2c(C)noc2NC(=O)OC(C)(C)C)no1. The normalized spacial score (nSPS) is 11.2. The Balaban J connectivity index is 2.15. The van der Waals surface area contributed by atoms with E-state index in [9.17, 15) is 9.59 Å². The third kappa shape index (κ3) is 5.03. The fourth-order valence-electron chi connectivity index (χ4n) is 1.88. The number of methoxy groups -OCH3 is 1. The van der Waals surface area contributed by atoms with E-state index in [1.54, 1.807) is 27.7 Å². The van der Waals surface area contributed by atoms with Crippen LogP contribution in [0.1, 0.15) is 38.8 Å². The average Bonchev–Trinajstić information content (AvgIpc) is 3.09. The summed E-state index contributed by atoms with van der Waals surface area (Å²) >= 11 is 0. The Morgan fingerprint density at radius 2 is 1.92 bits per heavy atom. The van der Waals surface area contributed by atoms with Gasteiger partial charge in [-0.15, -0.1) is 0 Å². The highest BCUT2D eigenvalue weighted by molar-refractivity contribution is 5.88. The van der Waals surface area contributed by atoms with Crippen molar-refractivity contribution in [3.05, 3.63) is 11.6 Å². The molecule has 0 aliphatic rings. The Hall–Kier alpha value is -2.91. The van der Waals surface area contributed by atoms with Crippen LogP contribution in [0.25, 0.3) is 11.4 Å². The van der Waals surface area contributed by atoms with Gasteiger partial charge in [0.15, 0.2) is 0 Å². The van der Waals surface area contributed by atoms with E-state index < -0.39 is 11.7 Å². The summed E-state index contributed by atoms with van der Waals surface area (Å²) in [5.74, 6) is 0.106. The first-order valence-electron chi connectivity index (χ1n) is 7.55. The number of esters is 1. The Morgan fingerprint density at radius 1 is 1.20 bits per heavy atom. The third-order valence-electron chi connectivity index (χ3n) is 2.94. The van der Waals surface area contributed by atoms with E-state index in [2.05, 4.69) is 25.4 Å². The summed E-state index contributed by atoms with van der Waals surface area (Å²) in [5.41, 5.74) is 0.178. The Labute approximate surface area is 143 Å². The number of rotatable bonds is 5. The van der Waals surface area contributed by atoms with E-state index in [1.165, 1.54) is 7.11 Å². The van der Waals surface area contributed by atoms with Gasteiger partial charge in [-0.2, -0.15) is 4.98 Å². The van der Waals surface area contributed by atoms with E-state index in [0.29, 0.717) is 11.3 Å². The summed E-state index contributed by atoms with van der Waals surface area (Å²) in [6.07, 6.45) is -0.345. The number of aryl methyl sites for hydroxylation is 2. The van der Waals surface area contributed by atoms with Crippen LogP contribution in [-0.4, -0.2) is 40.1 Å². The lowest BCUT2D eigenvalue weighted by Crippen LogP contribution is -2.27. The van der Waals surface area contributed by atoms with Gasteiger partial charge in [0.1, 0.15) is 11.2 Å². The van der Waals surface area contributed by atoms with Crippen molar-refractivity contribution in [1.82, 2.24) is 15.3 Å². The fraction of sp³-hybridized carbons (Fsp3) is 0.533. The molecule has 0 atom stereocenters. The summed E-state index contributed by atoms with van der Waals surface area (Å²) < 4.78 is 19.9. The second kappa shape index (κ2) is 7.32. The van der Waals surface area contributed by atoms with Crippen molar-refractivity contribution in [3.63, 3.8) is 0 Å². The van der Waals surface area contributed by atoms with Crippen molar-refractivity contribution in [3.8, 4) is 11.4 Å². The average molecular weight is 352 g/mol. The van der Waals surface area contributed by atoms with Crippen molar-refractivity contribution in [2.45, 2.75) is 46.1 Å². The molecule has 1 amide bonds. The molecule has 2 aromatic heterocycles. The van der Waals surface area contributed by atoms with Crippen molar-refractivity contribution < 1.29 is 28.1 Å². The molecule has 0 saturated heterocycles. The number of carbonyl (C=O) groups excluding carboxylic acids is 2. The monoisotopic (exact) mass is 352 g/mol. The van der Waals surface area contributed by atoms with Gasteiger partial charge in [-0.1, -0.05) is 10.3 Å². The van der Waals surface area contributed by atoms with Crippen LogP contribution >= 0.6 is 0 Å². The molecule has 0 aromatic carbocycles. The zero-order chi connectivity index (χ0) is 18.6. The van der Waals surface area contributed by atoms with Crippen LogP contribution < -0.4 is 5.32 Å². The second-order valence-electron chi connectivity index (χ2n) is 6.19. The molecule has 0 fully saturated rings. The van der Waals surface area contributed by atoms with Crippen molar-refractivity contribution in [1.29, 1.82) is 0 Å². The standard InChI is InChI=1S/C15H20N4O6/c1-8-11(12-16-9(24-19-12)6-7-10(20)22-5)13(25-18-8)17-14(21)23-15(2,3)4/h6-7H2,1-5H3,(H,17,21). The van der Waals surface area contributed by atoms with Crippen LogP contribution in [0.5, 0.6) is 0 Å². The largest absolute Gasteiger partial charge is 0.469 e. The van der Waals surface area contributed by atoms with Crippen molar-refractivity contribution >= 4 is 17.9 Å². The Bertz CT molecular complexity index is 758. The topological polar surface area (TPSA) is 130 Å². The quantitative estimate of drug-likeness (QED) is 0.806. The molecular formula is C15H20N4O6. The van der Waals surface area contributed by atoms with Gasteiger partial charge in [0.05, 0.1) is 19.2 Å². The molecule has 1 N–H and O–H groups in total. The van der Waals surface area contributed by atoms with Crippen LogP contribution in [0, 0.1) is 6.92 Å². The molecule has 136 valence electrons. The molecular weight excluding hydrogens is 332 g/mol. The van der Waals surface area contributed by atoms with E-state index in [0.717, 1.165) is 0 Å². The van der Waals surface area contributed by atoms with Crippen LogP contribution in [0.2, 0.25) is 0 Å². The molecule has 2 rings (SSSR count). The van der Waals surface area contributed by atoms with Gasteiger partial charge in [-0.25, -0.2) is 4.79 Å². The predicted octanol–water partition coefficient (Wildman–Crippen LogP) is 2.49. The first-order valence-corrected chi connectivity index (χ1v) is 7.55.